The fourth-order valence-corrected chi connectivity index (χ4v) is 12.4. The Kier molecular flexibility index (Phi) is 74.1. The SMILES string of the molecule is CC/C=C\C/C=C\C/C=C\C/C=C\C/C=C\C/C=C\CCCCCCC(=O)OCC(COP(=O)(O)OCC(O)COP(=O)(O)OCC(O)COC(=O)CCCCCCCCCCCCCCCCCCC/C=C\C/C=C\C/C=C\C/C=C\C/C=C\CC)OC(=O)CCCCCCCCCCCCC. The molecule has 0 aliphatic rings. The number of hydrogen-bond donors (Lipinski definition) is 4. The van der Waals surface area contributed by atoms with Crippen LogP contribution in [0.4, 0.5) is 0 Å². The molecule has 103 heavy (non-hydrogen) atoms. The number of allylic oxidation sites excluding steroid dienone is 22. The Bertz CT molecular complexity index is 2410. The van der Waals surface area contributed by atoms with Crippen LogP contribution in [0.25, 0.3) is 0 Å². The van der Waals surface area contributed by atoms with Gasteiger partial charge in [-0.25, -0.2) is 9.13 Å². The highest BCUT2D eigenvalue weighted by atomic mass is 31.2. The molecule has 0 fully saturated rings. The molecule has 5 atom stereocenters. The molecule has 0 aliphatic carbocycles. The van der Waals surface area contributed by atoms with Gasteiger partial charge in [0.05, 0.1) is 26.4 Å². The summed E-state index contributed by atoms with van der Waals surface area (Å²) in [5.74, 6) is -1.60. The van der Waals surface area contributed by atoms with Gasteiger partial charge in [0.2, 0.25) is 0 Å². The fraction of sp³-hybridized carbons (Fsp3) is 0.706. The van der Waals surface area contributed by atoms with E-state index in [0.717, 1.165) is 141 Å². The van der Waals surface area contributed by atoms with E-state index < -0.39 is 91.5 Å². The van der Waals surface area contributed by atoms with Crippen molar-refractivity contribution in [1.82, 2.24) is 0 Å². The van der Waals surface area contributed by atoms with Gasteiger partial charge in [0.1, 0.15) is 25.4 Å². The summed E-state index contributed by atoms with van der Waals surface area (Å²) < 4.78 is 61.1. The predicted octanol–water partition coefficient (Wildman–Crippen LogP) is 23.9. The van der Waals surface area contributed by atoms with Crippen molar-refractivity contribution in [2.75, 3.05) is 39.6 Å². The van der Waals surface area contributed by atoms with E-state index in [2.05, 4.69) is 154 Å². The average Bonchev–Trinajstić information content (AvgIpc) is 0.913. The van der Waals surface area contributed by atoms with Crippen LogP contribution in [0.1, 0.15) is 329 Å². The van der Waals surface area contributed by atoms with Gasteiger partial charge in [0, 0.05) is 19.3 Å². The quantitative estimate of drug-likeness (QED) is 0.0146. The number of hydrogen-bond acceptors (Lipinski definition) is 14. The van der Waals surface area contributed by atoms with E-state index in [1.165, 1.54) is 128 Å². The normalized spacial score (nSPS) is 14.7. The van der Waals surface area contributed by atoms with Gasteiger partial charge in [-0.2, -0.15) is 0 Å². The zero-order valence-electron chi connectivity index (χ0n) is 64.7. The molecule has 0 aromatic rings. The van der Waals surface area contributed by atoms with E-state index in [9.17, 15) is 43.5 Å². The molecule has 16 nitrogen and oxygen atoms in total. The Balaban J connectivity index is 4.40. The molecule has 0 amide bonds. The Morgan fingerprint density at radius 3 is 0.816 bits per heavy atom. The topological polar surface area (TPSA) is 231 Å². The Morgan fingerprint density at radius 2 is 0.515 bits per heavy atom. The first-order valence-corrected chi connectivity index (χ1v) is 43.5. The molecular formula is C85H146O16P2. The van der Waals surface area contributed by atoms with E-state index in [-0.39, 0.29) is 19.3 Å². The molecule has 18 heteroatoms. The minimum Gasteiger partial charge on any atom is -0.463 e. The Hall–Kier alpha value is -4.31. The van der Waals surface area contributed by atoms with Gasteiger partial charge < -0.3 is 34.2 Å². The number of rotatable bonds is 76. The van der Waals surface area contributed by atoms with Crippen molar-refractivity contribution < 1.29 is 75.8 Å². The van der Waals surface area contributed by atoms with Crippen molar-refractivity contribution in [1.29, 1.82) is 0 Å². The highest BCUT2D eigenvalue weighted by molar-refractivity contribution is 7.47. The third kappa shape index (κ3) is 78.6. The molecule has 0 saturated carbocycles. The van der Waals surface area contributed by atoms with Crippen molar-refractivity contribution in [3.63, 3.8) is 0 Å². The van der Waals surface area contributed by atoms with Crippen LogP contribution in [-0.4, -0.2) is 95.9 Å². The maximum atomic E-state index is 12.9. The summed E-state index contributed by atoms with van der Waals surface area (Å²) in [5, 5.41) is 20.6. The second-order valence-corrected chi connectivity index (χ2v) is 29.7. The molecule has 0 radical (unpaired) electrons. The molecule has 4 N–H and O–H groups in total. The first kappa shape index (κ1) is 98.7. The monoisotopic (exact) mass is 1490 g/mol. The van der Waals surface area contributed by atoms with Gasteiger partial charge in [-0.05, 0) is 116 Å². The van der Waals surface area contributed by atoms with Crippen LogP contribution < -0.4 is 0 Å². The van der Waals surface area contributed by atoms with Crippen LogP contribution in [0, 0.1) is 0 Å². The summed E-state index contributed by atoms with van der Waals surface area (Å²) in [5.41, 5.74) is 0. The molecule has 0 bridgehead atoms. The second kappa shape index (κ2) is 77.3. The lowest BCUT2D eigenvalue weighted by atomic mass is 10.0. The second-order valence-electron chi connectivity index (χ2n) is 26.8. The van der Waals surface area contributed by atoms with E-state index in [1.54, 1.807) is 0 Å². The molecule has 0 rings (SSSR count). The summed E-state index contributed by atoms with van der Waals surface area (Å²) in [6.07, 6.45) is 93.8. The van der Waals surface area contributed by atoms with Crippen molar-refractivity contribution in [2.24, 2.45) is 0 Å². The number of esters is 3. The van der Waals surface area contributed by atoms with Gasteiger partial charge in [-0.3, -0.25) is 32.5 Å². The lowest BCUT2D eigenvalue weighted by Gasteiger charge is -2.21. The third-order valence-electron chi connectivity index (χ3n) is 16.9. The summed E-state index contributed by atoms with van der Waals surface area (Å²) >= 11 is 0. The summed E-state index contributed by atoms with van der Waals surface area (Å²) in [4.78, 5) is 58.6. The molecule has 592 valence electrons. The van der Waals surface area contributed by atoms with Crippen molar-refractivity contribution in [3.8, 4) is 0 Å². The summed E-state index contributed by atoms with van der Waals surface area (Å²) in [6.45, 7) is 2.43. The van der Waals surface area contributed by atoms with E-state index in [1.807, 2.05) is 0 Å². The van der Waals surface area contributed by atoms with Crippen LogP contribution >= 0.6 is 15.6 Å². The Labute approximate surface area is 626 Å². The van der Waals surface area contributed by atoms with Crippen LogP contribution in [-0.2, 0) is 55.8 Å². The first-order chi connectivity index (χ1) is 50.2. The highest BCUT2D eigenvalue weighted by Crippen LogP contribution is 2.45. The van der Waals surface area contributed by atoms with Crippen molar-refractivity contribution in [2.45, 2.75) is 347 Å². The maximum absolute atomic E-state index is 12.9. The minimum atomic E-state index is -4.93. The molecule has 0 spiro atoms. The maximum Gasteiger partial charge on any atom is 0.472 e. The lowest BCUT2D eigenvalue weighted by Crippen LogP contribution is -2.30. The highest BCUT2D eigenvalue weighted by Gasteiger charge is 2.29. The van der Waals surface area contributed by atoms with Gasteiger partial charge >= 0.3 is 33.6 Å². The minimum absolute atomic E-state index is 0.0989. The standard InChI is InChI=1S/C85H146O16P2/c1-4-7-10-13-16-19-22-24-26-28-30-32-34-35-36-37-38-39-40-41-42-43-45-47-48-50-52-54-57-59-62-65-68-71-83(88)95-74-80(86)75-97-102(91,92)98-76-81(87)77-99-103(93,94)100-79-82(101-85(90)73-70-67-64-61-56-21-18-15-12-9-6-3)78-96-84(89)72-69-66-63-60-58-55-53-51-49-46-44-33-31-29-27-25-23-20-17-14-11-8-5-2/h7-8,10-11,16-17,19-20,24-27,30-33,35-36,46,49,53,55,80-82,86-87H,4-6,9,12-15,18,21-23,28-29,34,37-45,47-48,50-52,54,56-79H2,1-3H3,(H,91,92)(H,93,94)/b10-7-,11-8-,19-16-,20-17-,26-24-,27-25-,32-30-,33-31-,36-35-,49-46-,55-53-. The van der Waals surface area contributed by atoms with Crippen LogP contribution in [0.3, 0.4) is 0 Å². The molecule has 5 unspecified atom stereocenters. The van der Waals surface area contributed by atoms with Crippen molar-refractivity contribution >= 4 is 33.6 Å². The van der Waals surface area contributed by atoms with Gasteiger partial charge in [-0.15, -0.1) is 0 Å². The van der Waals surface area contributed by atoms with Crippen molar-refractivity contribution in [3.05, 3.63) is 134 Å². The van der Waals surface area contributed by atoms with Crippen LogP contribution in [0.2, 0.25) is 0 Å². The number of carbonyl (C=O) groups excluding carboxylic acids is 3. The Morgan fingerprint density at radius 1 is 0.282 bits per heavy atom. The van der Waals surface area contributed by atoms with Gasteiger partial charge in [0.25, 0.3) is 0 Å². The van der Waals surface area contributed by atoms with Gasteiger partial charge in [0.15, 0.2) is 6.10 Å². The number of phosphoric acid groups is 2. The molecule has 0 aromatic carbocycles. The van der Waals surface area contributed by atoms with Gasteiger partial charge in [-0.1, -0.05) is 328 Å². The average molecular weight is 1490 g/mol. The smallest absolute Gasteiger partial charge is 0.463 e. The largest absolute Gasteiger partial charge is 0.472 e. The van der Waals surface area contributed by atoms with Crippen LogP contribution in [0.15, 0.2) is 134 Å². The molecule has 0 aliphatic heterocycles. The number of unbranched alkanes of at least 4 members (excludes halogenated alkanes) is 31. The van der Waals surface area contributed by atoms with E-state index in [0.29, 0.717) is 19.3 Å². The predicted molar refractivity (Wildman–Crippen MR) is 426 cm³/mol. The number of phosphoric ester groups is 2. The lowest BCUT2D eigenvalue weighted by molar-refractivity contribution is -0.161. The number of carbonyl (C=O) groups is 3. The molecule has 0 aromatic heterocycles. The first-order valence-electron chi connectivity index (χ1n) is 40.5. The summed E-state index contributed by atoms with van der Waals surface area (Å²) in [7, 11) is -9.79. The fourth-order valence-electron chi connectivity index (χ4n) is 10.8. The molecular weight excluding hydrogens is 1340 g/mol. The molecule has 0 heterocycles. The summed E-state index contributed by atoms with van der Waals surface area (Å²) in [6, 6.07) is 0. The number of aliphatic hydroxyl groups is 2. The van der Waals surface area contributed by atoms with Crippen LogP contribution in [0.5, 0.6) is 0 Å². The number of ether oxygens (including phenoxy) is 3. The third-order valence-corrected chi connectivity index (χ3v) is 18.8. The molecule has 0 saturated heterocycles. The number of aliphatic hydroxyl groups excluding tert-OH is 2. The zero-order valence-corrected chi connectivity index (χ0v) is 66.5. The van der Waals surface area contributed by atoms with E-state index >= 15 is 0 Å². The van der Waals surface area contributed by atoms with E-state index in [4.69, 9.17) is 32.3 Å². The zero-order chi connectivity index (χ0) is 75.2.